The Labute approximate surface area is 211 Å². The Balaban J connectivity index is 1.68. The second-order valence-electron chi connectivity index (χ2n) is 8.49. The molecule has 1 N–H and O–H groups in total. The lowest BCUT2D eigenvalue weighted by atomic mass is 10.1. The second-order valence-corrected chi connectivity index (χ2v) is 12.0. The van der Waals surface area contributed by atoms with Gasteiger partial charge in [0.05, 0.1) is 39.4 Å². The van der Waals surface area contributed by atoms with E-state index in [1.165, 1.54) is 29.2 Å². The molecule has 0 bridgehead atoms. The summed E-state index contributed by atoms with van der Waals surface area (Å²) in [6.07, 6.45) is 1.67. The first-order chi connectivity index (χ1) is 16.1. The molecular formula is C23H26BrClN4O4S. The standard InChI is InChI=1S/C23H26BrClN4O4S/c1-4-34(31,32)22-6-5-17(25)8-21(22)27-29-13-26-20-7-16(19(24)9-18(20)23(29)30)12-28-10-14(2)33-15(3)11-28/h5-9,13-15,27H,4,10-12H2,1-3H3. The third kappa shape index (κ3) is 5.31. The number of fused-ring (bicyclic) bond motifs is 1. The predicted molar refractivity (Wildman–Crippen MR) is 137 cm³/mol. The van der Waals surface area contributed by atoms with E-state index in [0.717, 1.165) is 23.1 Å². The smallest absolute Gasteiger partial charge is 0.280 e. The topological polar surface area (TPSA) is 93.5 Å². The zero-order chi connectivity index (χ0) is 24.6. The van der Waals surface area contributed by atoms with Crippen LogP contribution in [-0.4, -0.2) is 54.0 Å². The summed E-state index contributed by atoms with van der Waals surface area (Å²) in [4.78, 5) is 20.1. The summed E-state index contributed by atoms with van der Waals surface area (Å²) in [5.74, 6) is -0.0788. The van der Waals surface area contributed by atoms with Gasteiger partial charge in [0, 0.05) is 29.1 Å². The third-order valence-corrected chi connectivity index (χ3v) is 8.47. The molecule has 0 spiro atoms. The van der Waals surface area contributed by atoms with Gasteiger partial charge < -0.3 is 4.74 Å². The Bertz CT molecular complexity index is 1390. The molecule has 0 aliphatic carbocycles. The molecule has 0 radical (unpaired) electrons. The van der Waals surface area contributed by atoms with Gasteiger partial charge in [0.2, 0.25) is 0 Å². The van der Waals surface area contributed by atoms with Crippen LogP contribution in [0.25, 0.3) is 10.9 Å². The molecule has 34 heavy (non-hydrogen) atoms. The molecule has 8 nitrogen and oxygen atoms in total. The lowest BCUT2D eigenvalue weighted by molar-refractivity contribution is -0.0705. The Morgan fingerprint density at radius 3 is 2.59 bits per heavy atom. The van der Waals surface area contributed by atoms with Crippen molar-refractivity contribution in [3.8, 4) is 0 Å². The van der Waals surface area contributed by atoms with Gasteiger partial charge in [-0.2, -0.15) is 0 Å². The van der Waals surface area contributed by atoms with Crippen molar-refractivity contribution in [3.05, 3.63) is 62.1 Å². The molecule has 1 aromatic heterocycles. The lowest BCUT2D eigenvalue weighted by Gasteiger charge is -2.35. The fourth-order valence-corrected chi connectivity index (χ4v) is 5.85. The van der Waals surface area contributed by atoms with Crippen LogP contribution in [0.15, 0.2) is 50.8 Å². The monoisotopic (exact) mass is 568 g/mol. The van der Waals surface area contributed by atoms with E-state index in [0.29, 0.717) is 22.5 Å². The zero-order valence-corrected chi connectivity index (χ0v) is 22.2. The van der Waals surface area contributed by atoms with Crippen LogP contribution in [0.3, 0.4) is 0 Å². The van der Waals surface area contributed by atoms with Gasteiger partial charge in [0.1, 0.15) is 6.33 Å². The summed E-state index contributed by atoms with van der Waals surface area (Å²) < 4.78 is 32.8. The molecule has 1 fully saturated rings. The van der Waals surface area contributed by atoms with Crippen LogP contribution < -0.4 is 11.0 Å². The van der Waals surface area contributed by atoms with Crippen molar-refractivity contribution in [2.75, 3.05) is 24.3 Å². The highest BCUT2D eigenvalue weighted by Gasteiger charge is 2.23. The number of hydrogen-bond donors (Lipinski definition) is 1. The van der Waals surface area contributed by atoms with Crippen LogP contribution >= 0.6 is 27.5 Å². The van der Waals surface area contributed by atoms with E-state index in [-0.39, 0.29) is 34.1 Å². The minimum absolute atomic E-state index is 0.0666. The van der Waals surface area contributed by atoms with Gasteiger partial charge in [-0.3, -0.25) is 15.1 Å². The van der Waals surface area contributed by atoms with Crippen molar-refractivity contribution in [3.63, 3.8) is 0 Å². The molecule has 182 valence electrons. The van der Waals surface area contributed by atoms with Crippen molar-refractivity contribution in [1.82, 2.24) is 14.6 Å². The highest BCUT2D eigenvalue weighted by molar-refractivity contribution is 9.10. The molecule has 2 unspecified atom stereocenters. The number of nitrogens with one attached hydrogen (secondary N) is 1. The molecule has 2 heterocycles. The van der Waals surface area contributed by atoms with E-state index < -0.39 is 9.84 Å². The maximum Gasteiger partial charge on any atom is 0.280 e. The minimum atomic E-state index is -3.53. The number of benzene rings is 2. The van der Waals surface area contributed by atoms with Crippen LogP contribution in [0.5, 0.6) is 0 Å². The van der Waals surface area contributed by atoms with Crippen LogP contribution in [0.1, 0.15) is 26.3 Å². The van der Waals surface area contributed by atoms with Crippen LogP contribution in [0.2, 0.25) is 5.02 Å². The Kier molecular flexibility index (Phi) is 7.35. The Morgan fingerprint density at radius 1 is 1.21 bits per heavy atom. The first kappa shape index (κ1) is 25.1. The summed E-state index contributed by atoms with van der Waals surface area (Å²) in [7, 11) is -3.53. The Hall–Kier alpha value is -1.98. The molecule has 1 aliphatic rings. The average Bonchev–Trinajstić information content (AvgIpc) is 2.76. The quantitative estimate of drug-likeness (QED) is 0.478. The van der Waals surface area contributed by atoms with Gasteiger partial charge in [-0.05, 0) is 49.7 Å². The molecule has 2 atom stereocenters. The number of rotatable bonds is 6. The van der Waals surface area contributed by atoms with Gasteiger partial charge in [-0.25, -0.2) is 18.1 Å². The number of halogens is 2. The number of hydrogen-bond acceptors (Lipinski definition) is 7. The van der Waals surface area contributed by atoms with Crippen LogP contribution in [-0.2, 0) is 21.1 Å². The highest BCUT2D eigenvalue weighted by Crippen LogP contribution is 2.27. The summed E-state index contributed by atoms with van der Waals surface area (Å²) in [5.41, 5.74) is 4.30. The summed E-state index contributed by atoms with van der Waals surface area (Å²) in [6, 6.07) is 8.07. The lowest BCUT2D eigenvalue weighted by Crippen LogP contribution is -2.44. The fourth-order valence-electron chi connectivity index (χ4n) is 4.19. The van der Waals surface area contributed by atoms with E-state index in [2.05, 4.69) is 45.1 Å². The average molecular weight is 570 g/mol. The van der Waals surface area contributed by atoms with E-state index in [1.54, 1.807) is 13.0 Å². The molecule has 1 saturated heterocycles. The number of sulfone groups is 1. The van der Waals surface area contributed by atoms with Crippen molar-refractivity contribution in [2.45, 2.75) is 44.4 Å². The molecule has 1 aliphatic heterocycles. The summed E-state index contributed by atoms with van der Waals surface area (Å²) >= 11 is 9.70. The summed E-state index contributed by atoms with van der Waals surface area (Å²) in [6.45, 7) is 8.05. The highest BCUT2D eigenvalue weighted by atomic mass is 79.9. The van der Waals surface area contributed by atoms with E-state index in [4.69, 9.17) is 16.3 Å². The van der Waals surface area contributed by atoms with Crippen LogP contribution in [0.4, 0.5) is 5.69 Å². The first-order valence-corrected chi connectivity index (χ1v) is 13.8. The normalized spacial score (nSPS) is 19.4. The van der Waals surface area contributed by atoms with Gasteiger partial charge in [0.15, 0.2) is 9.84 Å². The number of ether oxygens (including phenoxy) is 1. The molecule has 0 amide bonds. The molecule has 4 rings (SSSR count). The van der Waals surface area contributed by atoms with Gasteiger partial charge in [0.25, 0.3) is 5.56 Å². The minimum Gasteiger partial charge on any atom is -0.373 e. The molecule has 2 aromatic carbocycles. The molecular weight excluding hydrogens is 544 g/mol. The predicted octanol–water partition coefficient (Wildman–Crippen LogP) is 4.09. The second kappa shape index (κ2) is 9.94. The van der Waals surface area contributed by atoms with Gasteiger partial charge >= 0.3 is 0 Å². The van der Waals surface area contributed by atoms with Crippen LogP contribution in [0, 0.1) is 0 Å². The maximum atomic E-state index is 13.2. The van der Waals surface area contributed by atoms with E-state index in [9.17, 15) is 13.2 Å². The van der Waals surface area contributed by atoms with E-state index in [1.807, 2.05) is 6.07 Å². The number of anilines is 1. The SMILES string of the molecule is CCS(=O)(=O)c1ccc(Cl)cc1Nn1cnc2cc(CN3CC(C)OC(C)C3)c(Br)cc2c1=O. The van der Waals surface area contributed by atoms with Crippen molar-refractivity contribution in [1.29, 1.82) is 0 Å². The third-order valence-electron chi connectivity index (χ3n) is 5.71. The molecule has 0 saturated carbocycles. The Morgan fingerprint density at radius 2 is 1.91 bits per heavy atom. The van der Waals surface area contributed by atoms with E-state index >= 15 is 0 Å². The van der Waals surface area contributed by atoms with Crippen molar-refractivity contribution in [2.24, 2.45) is 0 Å². The largest absolute Gasteiger partial charge is 0.373 e. The van der Waals surface area contributed by atoms with Gasteiger partial charge in [-0.15, -0.1) is 0 Å². The molecule has 11 heteroatoms. The maximum absolute atomic E-state index is 13.2. The van der Waals surface area contributed by atoms with Gasteiger partial charge in [-0.1, -0.05) is 34.5 Å². The first-order valence-electron chi connectivity index (χ1n) is 10.9. The fraction of sp³-hybridized carbons (Fsp3) is 0.391. The zero-order valence-electron chi connectivity index (χ0n) is 19.1. The summed E-state index contributed by atoms with van der Waals surface area (Å²) in [5, 5.41) is 0.745. The molecule has 3 aromatic rings. The number of morpholine rings is 1. The number of nitrogens with zero attached hydrogens (tertiary/aromatic N) is 3. The van der Waals surface area contributed by atoms with Crippen molar-refractivity contribution >= 4 is 54.0 Å². The van der Waals surface area contributed by atoms with Crippen molar-refractivity contribution < 1.29 is 13.2 Å². The number of aromatic nitrogens is 2.